The molecule has 0 aromatic heterocycles. The summed E-state index contributed by atoms with van der Waals surface area (Å²) in [7, 11) is 0. The lowest BCUT2D eigenvalue weighted by Gasteiger charge is -2.10. The highest BCUT2D eigenvalue weighted by atomic mass is 14.2. The fourth-order valence-electron chi connectivity index (χ4n) is 3.04. The molecule has 4 rings (SSSR count). The highest BCUT2D eigenvalue weighted by molar-refractivity contribution is 5.93. The highest BCUT2D eigenvalue weighted by Crippen LogP contribution is 2.39. The minimum atomic E-state index is 1.26. The molecule has 0 saturated heterocycles. The molecule has 0 heterocycles. The first-order valence-corrected chi connectivity index (χ1v) is 7.56. The normalized spacial score (nSPS) is 10.7. The van der Waals surface area contributed by atoms with Crippen LogP contribution in [0.25, 0.3) is 33.4 Å². The first kappa shape index (κ1) is 12.8. The van der Waals surface area contributed by atoms with Crippen LogP contribution in [0.4, 0.5) is 0 Å². The monoisotopic (exact) mass is 280 g/mol. The molecule has 2 aliphatic carbocycles. The predicted octanol–water partition coefficient (Wildman–Crippen LogP) is 6.13. The lowest BCUT2D eigenvalue weighted by atomic mass is 9.93. The zero-order chi connectivity index (χ0) is 14.8. The maximum absolute atomic E-state index is 2.23. The van der Waals surface area contributed by atoms with Gasteiger partial charge in [-0.1, -0.05) is 97.1 Å². The van der Waals surface area contributed by atoms with Gasteiger partial charge in [0.25, 0.3) is 0 Å². The van der Waals surface area contributed by atoms with E-state index >= 15 is 0 Å². The van der Waals surface area contributed by atoms with Crippen LogP contribution >= 0.6 is 0 Å². The van der Waals surface area contributed by atoms with Gasteiger partial charge in [0.2, 0.25) is 0 Å². The second kappa shape index (κ2) is 5.50. The molecular weight excluding hydrogens is 264 g/mol. The summed E-state index contributed by atoms with van der Waals surface area (Å²) in [6.07, 6.45) is 0. The number of benzene rings is 2. The Morgan fingerprint density at radius 3 is 1.32 bits per heavy atom. The van der Waals surface area contributed by atoms with Crippen molar-refractivity contribution in [2.75, 3.05) is 0 Å². The third-order valence-electron chi connectivity index (χ3n) is 4.09. The van der Waals surface area contributed by atoms with Gasteiger partial charge in [0.1, 0.15) is 0 Å². The van der Waals surface area contributed by atoms with Gasteiger partial charge in [0, 0.05) is 0 Å². The molecule has 0 amide bonds. The average Bonchev–Trinajstić information content (AvgIpc) is 2.84. The molecule has 0 radical (unpaired) electrons. The van der Waals surface area contributed by atoms with Crippen molar-refractivity contribution in [2.24, 2.45) is 0 Å². The van der Waals surface area contributed by atoms with Crippen LogP contribution < -0.4 is 0 Å². The van der Waals surface area contributed by atoms with E-state index in [1.54, 1.807) is 0 Å². The maximum Gasteiger partial charge on any atom is -0.00990 e. The first-order chi connectivity index (χ1) is 10.9. The molecule has 2 aromatic rings. The number of fused-ring (bicyclic) bond motifs is 1. The van der Waals surface area contributed by atoms with Crippen molar-refractivity contribution in [3.8, 4) is 33.4 Å². The van der Waals surface area contributed by atoms with Gasteiger partial charge in [-0.25, -0.2) is 0 Å². The molecule has 0 atom stereocenters. The Hall–Kier alpha value is -2.86. The fourth-order valence-corrected chi connectivity index (χ4v) is 3.04. The van der Waals surface area contributed by atoms with Gasteiger partial charge in [-0.05, 0) is 33.4 Å². The summed E-state index contributed by atoms with van der Waals surface area (Å²) in [5, 5.41) is 0. The van der Waals surface area contributed by atoms with Crippen molar-refractivity contribution in [2.45, 2.75) is 0 Å². The number of hydrogen-bond acceptors (Lipinski definition) is 0. The quantitative estimate of drug-likeness (QED) is 0.414. The Balaban J connectivity index is 1.94. The van der Waals surface area contributed by atoms with Crippen LogP contribution in [-0.4, -0.2) is 0 Å². The highest BCUT2D eigenvalue weighted by Gasteiger charge is 2.13. The van der Waals surface area contributed by atoms with Gasteiger partial charge in [0.15, 0.2) is 0 Å². The van der Waals surface area contributed by atoms with E-state index in [2.05, 4.69) is 97.1 Å². The maximum atomic E-state index is 2.23. The van der Waals surface area contributed by atoms with Crippen LogP contribution in [0, 0.1) is 0 Å². The fraction of sp³-hybridized carbons (Fsp3) is 0. The molecule has 0 bridgehead atoms. The standard InChI is InChI=1S/C22H16/c1-3-9-17(10-4-1)19-13-7-8-14-21(19)22-16-15-18-11-5-2-6-12-20(18)22/h1-16H. The summed E-state index contributed by atoms with van der Waals surface area (Å²) in [6, 6.07) is 34.3. The molecule has 0 fully saturated rings. The predicted molar refractivity (Wildman–Crippen MR) is 93.9 cm³/mol. The molecule has 2 aliphatic rings. The Bertz CT molecular complexity index is 875. The minimum absolute atomic E-state index is 1.26. The summed E-state index contributed by atoms with van der Waals surface area (Å²) >= 11 is 0. The molecule has 2 aromatic carbocycles. The summed E-state index contributed by atoms with van der Waals surface area (Å²) in [4.78, 5) is 0. The third-order valence-corrected chi connectivity index (χ3v) is 4.09. The van der Waals surface area contributed by atoms with Crippen LogP contribution in [-0.2, 0) is 0 Å². The molecular formula is C22H16. The summed E-state index contributed by atoms with van der Waals surface area (Å²) < 4.78 is 0. The van der Waals surface area contributed by atoms with Crippen LogP contribution in [0.5, 0.6) is 0 Å². The average molecular weight is 280 g/mol. The Morgan fingerprint density at radius 2 is 0.682 bits per heavy atom. The zero-order valence-electron chi connectivity index (χ0n) is 12.2. The zero-order valence-corrected chi connectivity index (χ0v) is 12.2. The van der Waals surface area contributed by atoms with Crippen molar-refractivity contribution < 1.29 is 0 Å². The molecule has 104 valence electrons. The van der Waals surface area contributed by atoms with E-state index in [4.69, 9.17) is 0 Å². The molecule has 22 heavy (non-hydrogen) atoms. The van der Waals surface area contributed by atoms with Gasteiger partial charge < -0.3 is 0 Å². The largest absolute Gasteiger partial charge is 0.0622 e. The summed E-state index contributed by atoms with van der Waals surface area (Å²) in [5.41, 5.74) is 7.70. The second-order valence-corrected chi connectivity index (χ2v) is 5.44. The van der Waals surface area contributed by atoms with E-state index in [1.807, 2.05) is 0 Å². The van der Waals surface area contributed by atoms with Crippen molar-refractivity contribution in [1.82, 2.24) is 0 Å². The molecule has 0 aliphatic heterocycles. The van der Waals surface area contributed by atoms with E-state index in [0.29, 0.717) is 0 Å². The van der Waals surface area contributed by atoms with E-state index in [1.165, 1.54) is 33.4 Å². The molecule has 0 unspecified atom stereocenters. The smallest absolute Gasteiger partial charge is 0.00990 e. The van der Waals surface area contributed by atoms with E-state index in [0.717, 1.165) is 0 Å². The third kappa shape index (κ3) is 2.19. The minimum Gasteiger partial charge on any atom is -0.0622 e. The number of rotatable bonds is 2. The van der Waals surface area contributed by atoms with E-state index in [9.17, 15) is 0 Å². The Morgan fingerprint density at radius 1 is 0.273 bits per heavy atom. The van der Waals surface area contributed by atoms with Crippen LogP contribution in [0.15, 0.2) is 97.1 Å². The first-order valence-electron chi connectivity index (χ1n) is 7.56. The van der Waals surface area contributed by atoms with Gasteiger partial charge in [-0.15, -0.1) is 0 Å². The van der Waals surface area contributed by atoms with Crippen molar-refractivity contribution >= 4 is 0 Å². The summed E-state index contributed by atoms with van der Waals surface area (Å²) in [5.74, 6) is 0. The Labute approximate surface area is 131 Å². The van der Waals surface area contributed by atoms with Crippen molar-refractivity contribution in [3.63, 3.8) is 0 Å². The van der Waals surface area contributed by atoms with Gasteiger partial charge in [-0.2, -0.15) is 0 Å². The molecule has 0 saturated carbocycles. The van der Waals surface area contributed by atoms with Crippen molar-refractivity contribution in [1.29, 1.82) is 0 Å². The lowest BCUT2D eigenvalue weighted by Crippen LogP contribution is -1.84. The SMILES string of the molecule is c1ccc(-c2ccccc2-c2ccc3cccccc2-3)cc1. The molecule has 0 N–H and O–H groups in total. The van der Waals surface area contributed by atoms with E-state index in [-0.39, 0.29) is 0 Å². The second-order valence-electron chi connectivity index (χ2n) is 5.44. The van der Waals surface area contributed by atoms with Crippen LogP contribution in [0.1, 0.15) is 0 Å². The molecule has 0 spiro atoms. The summed E-state index contributed by atoms with van der Waals surface area (Å²) in [6.45, 7) is 0. The van der Waals surface area contributed by atoms with Crippen molar-refractivity contribution in [3.05, 3.63) is 97.1 Å². The molecule has 0 heteroatoms. The van der Waals surface area contributed by atoms with Crippen LogP contribution in [0.3, 0.4) is 0 Å². The lowest BCUT2D eigenvalue weighted by molar-refractivity contribution is 1.60. The number of hydrogen-bond donors (Lipinski definition) is 0. The van der Waals surface area contributed by atoms with Crippen LogP contribution in [0.2, 0.25) is 0 Å². The molecule has 0 nitrogen and oxygen atoms in total. The Kier molecular flexibility index (Phi) is 3.21. The van der Waals surface area contributed by atoms with Gasteiger partial charge in [-0.3, -0.25) is 0 Å². The van der Waals surface area contributed by atoms with Gasteiger partial charge >= 0.3 is 0 Å². The van der Waals surface area contributed by atoms with E-state index < -0.39 is 0 Å². The topological polar surface area (TPSA) is 0 Å². The van der Waals surface area contributed by atoms with Gasteiger partial charge in [0.05, 0.1) is 0 Å².